The molecule has 1 fully saturated rings. The highest BCUT2D eigenvalue weighted by molar-refractivity contribution is 7.92. The second-order valence-corrected chi connectivity index (χ2v) is 7.96. The Morgan fingerprint density at radius 1 is 1.22 bits per heavy atom. The maximum Gasteiger partial charge on any atom is 0.246 e. The number of aromatic nitrogens is 2. The molecule has 122 valence electrons. The highest BCUT2D eigenvalue weighted by Gasteiger charge is 2.30. The average Bonchev–Trinajstić information content (AvgIpc) is 3.21. The zero-order valence-corrected chi connectivity index (χ0v) is 13.5. The Hall–Kier alpha value is -2.15. The van der Waals surface area contributed by atoms with Crippen molar-refractivity contribution in [2.24, 2.45) is 0 Å². The maximum atomic E-state index is 12.5. The molecule has 1 aromatic carbocycles. The molecule has 1 aliphatic rings. The fraction of sp³-hybridized carbons (Fsp3) is 0.375. The molecule has 1 N–H and O–H groups in total. The van der Waals surface area contributed by atoms with E-state index in [1.165, 1.54) is 4.68 Å². The van der Waals surface area contributed by atoms with E-state index >= 15 is 0 Å². The van der Waals surface area contributed by atoms with Crippen molar-refractivity contribution in [3.8, 4) is 0 Å². The first kappa shape index (κ1) is 15.7. The van der Waals surface area contributed by atoms with Crippen LogP contribution in [0.4, 0.5) is 5.69 Å². The lowest BCUT2D eigenvalue weighted by molar-refractivity contribution is -0.116. The van der Waals surface area contributed by atoms with Crippen molar-refractivity contribution in [2.45, 2.75) is 42.4 Å². The Kier molecular flexibility index (Phi) is 4.47. The van der Waals surface area contributed by atoms with Gasteiger partial charge >= 0.3 is 0 Å². The number of sulfone groups is 1. The van der Waals surface area contributed by atoms with Gasteiger partial charge in [0.2, 0.25) is 5.91 Å². The third kappa shape index (κ3) is 3.61. The quantitative estimate of drug-likeness (QED) is 0.910. The molecule has 6 nitrogen and oxygen atoms in total. The largest absolute Gasteiger partial charge is 0.324 e. The van der Waals surface area contributed by atoms with Gasteiger partial charge in [0.05, 0.1) is 10.1 Å². The number of benzene rings is 1. The summed E-state index contributed by atoms with van der Waals surface area (Å²) in [6.07, 6.45) is 6.75. The summed E-state index contributed by atoms with van der Waals surface area (Å²) in [7, 11) is -3.25. The predicted octanol–water partition coefficient (Wildman–Crippen LogP) is 2.24. The number of carbonyl (C=O) groups is 1. The van der Waals surface area contributed by atoms with Crippen LogP contribution in [0.1, 0.15) is 25.7 Å². The second kappa shape index (κ2) is 6.54. The van der Waals surface area contributed by atoms with Crippen LogP contribution in [0.5, 0.6) is 0 Å². The first-order valence-corrected chi connectivity index (χ1v) is 9.21. The summed E-state index contributed by atoms with van der Waals surface area (Å²) in [6.45, 7) is 0.120. The van der Waals surface area contributed by atoms with Crippen LogP contribution in [0.2, 0.25) is 0 Å². The van der Waals surface area contributed by atoms with Gasteiger partial charge in [-0.1, -0.05) is 12.8 Å². The molecule has 0 bridgehead atoms. The standard InChI is InChI=1S/C16H19N3O3S/c20-16(12-19-11-3-10-17-19)18-13-6-8-15(9-7-13)23(21,22)14-4-1-2-5-14/h3,6-11,14H,1-2,4-5,12H2,(H,18,20). The molecule has 1 saturated carbocycles. The van der Waals surface area contributed by atoms with E-state index in [-0.39, 0.29) is 17.7 Å². The second-order valence-electron chi connectivity index (χ2n) is 5.73. The van der Waals surface area contributed by atoms with E-state index in [9.17, 15) is 13.2 Å². The molecular weight excluding hydrogens is 314 g/mol. The van der Waals surface area contributed by atoms with Gasteiger partial charge in [-0.2, -0.15) is 5.10 Å². The number of rotatable bonds is 5. The summed E-state index contributed by atoms with van der Waals surface area (Å²) < 4.78 is 26.5. The van der Waals surface area contributed by atoms with E-state index in [1.807, 2.05) is 0 Å². The molecule has 23 heavy (non-hydrogen) atoms. The van der Waals surface area contributed by atoms with Gasteiger partial charge in [-0.3, -0.25) is 9.48 Å². The highest BCUT2D eigenvalue weighted by atomic mass is 32.2. The van der Waals surface area contributed by atoms with Crippen LogP contribution in [0.3, 0.4) is 0 Å². The summed E-state index contributed by atoms with van der Waals surface area (Å²) in [4.78, 5) is 12.2. The third-order valence-electron chi connectivity index (χ3n) is 4.07. The summed E-state index contributed by atoms with van der Waals surface area (Å²) >= 11 is 0. The molecule has 2 aromatic rings. The summed E-state index contributed by atoms with van der Waals surface area (Å²) in [6, 6.07) is 8.13. The number of nitrogens with one attached hydrogen (secondary N) is 1. The SMILES string of the molecule is O=C(Cn1cccn1)Nc1ccc(S(=O)(=O)C2CCCC2)cc1. The molecular formula is C16H19N3O3S. The zero-order valence-electron chi connectivity index (χ0n) is 12.7. The minimum Gasteiger partial charge on any atom is -0.324 e. The van der Waals surface area contributed by atoms with Gasteiger partial charge in [0.1, 0.15) is 6.54 Å². The number of hydrogen-bond acceptors (Lipinski definition) is 4. The zero-order chi connectivity index (χ0) is 16.3. The van der Waals surface area contributed by atoms with Crippen molar-refractivity contribution < 1.29 is 13.2 Å². The lowest BCUT2D eigenvalue weighted by Gasteiger charge is -2.12. The van der Waals surface area contributed by atoms with Crippen molar-refractivity contribution in [3.63, 3.8) is 0 Å². The molecule has 0 atom stereocenters. The van der Waals surface area contributed by atoms with E-state index in [0.29, 0.717) is 10.6 Å². The Morgan fingerprint density at radius 2 is 1.91 bits per heavy atom. The summed E-state index contributed by atoms with van der Waals surface area (Å²) in [5.74, 6) is -0.208. The van der Waals surface area contributed by atoms with E-state index in [1.54, 1.807) is 42.7 Å². The molecule has 1 aromatic heterocycles. The van der Waals surface area contributed by atoms with Crippen LogP contribution in [0.15, 0.2) is 47.6 Å². The predicted molar refractivity (Wildman–Crippen MR) is 86.7 cm³/mol. The fourth-order valence-electron chi connectivity index (χ4n) is 2.86. The third-order valence-corrected chi connectivity index (χ3v) is 6.35. The number of carbonyl (C=O) groups excluding carboxylic acids is 1. The van der Waals surface area contributed by atoms with Crippen molar-refractivity contribution in [2.75, 3.05) is 5.32 Å². The molecule has 1 heterocycles. The Morgan fingerprint density at radius 3 is 2.52 bits per heavy atom. The molecule has 0 spiro atoms. The molecule has 1 aliphatic carbocycles. The minimum absolute atomic E-state index is 0.120. The average molecular weight is 333 g/mol. The van der Waals surface area contributed by atoms with Gasteiger partial charge in [-0.25, -0.2) is 8.42 Å². The molecule has 0 radical (unpaired) electrons. The highest BCUT2D eigenvalue weighted by Crippen LogP contribution is 2.29. The van der Waals surface area contributed by atoms with E-state index in [4.69, 9.17) is 0 Å². The van der Waals surface area contributed by atoms with Gasteiger partial charge in [0.15, 0.2) is 9.84 Å². The maximum absolute atomic E-state index is 12.5. The lowest BCUT2D eigenvalue weighted by atomic mass is 10.3. The first-order valence-electron chi connectivity index (χ1n) is 7.67. The van der Waals surface area contributed by atoms with Crippen molar-refractivity contribution in [1.82, 2.24) is 9.78 Å². The normalized spacial score (nSPS) is 15.7. The van der Waals surface area contributed by atoms with Gasteiger partial charge in [-0.05, 0) is 43.2 Å². The summed E-state index contributed by atoms with van der Waals surface area (Å²) in [5, 5.41) is 6.44. The lowest BCUT2D eigenvalue weighted by Crippen LogP contribution is -2.19. The Balaban J connectivity index is 1.66. The van der Waals surface area contributed by atoms with Gasteiger partial charge in [0.25, 0.3) is 0 Å². The number of hydrogen-bond donors (Lipinski definition) is 1. The van der Waals surface area contributed by atoms with Crippen molar-refractivity contribution >= 4 is 21.4 Å². The number of anilines is 1. The number of nitrogens with zero attached hydrogens (tertiary/aromatic N) is 2. The van der Waals surface area contributed by atoms with E-state index < -0.39 is 9.84 Å². The van der Waals surface area contributed by atoms with Gasteiger partial charge < -0.3 is 5.32 Å². The fourth-order valence-corrected chi connectivity index (χ4v) is 4.71. The van der Waals surface area contributed by atoms with Crippen LogP contribution >= 0.6 is 0 Å². The van der Waals surface area contributed by atoms with Crippen molar-refractivity contribution in [3.05, 3.63) is 42.7 Å². The van der Waals surface area contributed by atoms with Crippen LogP contribution in [-0.4, -0.2) is 29.4 Å². The van der Waals surface area contributed by atoms with Gasteiger partial charge in [0, 0.05) is 18.1 Å². The Labute approximate surface area is 135 Å². The van der Waals surface area contributed by atoms with Crippen LogP contribution in [0, 0.1) is 0 Å². The Bertz CT molecular complexity index is 761. The van der Waals surface area contributed by atoms with E-state index in [0.717, 1.165) is 25.7 Å². The minimum atomic E-state index is -3.25. The molecule has 1 amide bonds. The first-order chi connectivity index (χ1) is 11.1. The monoisotopic (exact) mass is 333 g/mol. The molecule has 0 unspecified atom stereocenters. The van der Waals surface area contributed by atoms with Crippen molar-refractivity contribution in [1.29, 1.82) is 0 Å². The molecule has 0 saturated heterocycles. The smallest absolute Gasteiger partial charge is 0.246 e. The number of amides is 1. The van der Waals surface area contributed by atoms with Crippen LogP contribution in [-0.2, 0) is 21.2 Å². The molecule has 3 rings (SSSR count). The van der Waals surface area contributed by atoms with E-state index in [2.05, 4.69) is 10.4 Å². The summed E-state index contributed by atoms with van der Waals surface area (Å²) in [5.41, 5.74) is 0.576. The molecule has 7 heteroatoms. The van der Waals surface area contributed by atoms with Gasteiger partial charge in [-0.15, -0.1) is 0 Å². The molecule has 0 aliphatic heterocycles. The van der Waals surface area contributed by atoms with Crippen LogP contribution < -0.4 is 5.32 Å². The van der Waals surface area contributed by atoms with Crippen LogP contribution in [0.25, 0.3) is 0 Å². The topological polar surface area (TPSA) is 81.1 Å².